The van der Waals surface area contributed by atoms with Gasteiger partial charge in [-0.15, -0.1) is 0 Å². The van der Waals surface area contributed by atoms with Crippen molar-refractivity contribution in [3.8, 4) is 11.1 Å². The van der Waals surface area contributed by atoms with Crippen LogP contribution in [0.15, 0.2) is 36.4 Å². The van der Waals surface area contributed by atoms with Crippen molar-refractivity contribution >= 4 is 17.5 Å². The van der Waals surface area contributed by atoms with E-state index in [1.54, 1.807) is 24.3 Å². The molecular formula is C22H20F3N3O2. The summed E-state index contributed by atoms with van der Waals surface area (Å²) < 4.78 is 40.4. The molecule has 2 amide bonds. The van der Waals surface area contributed by atoms with Gasteiger partial charge in [0.15, 0.2) is 0 Å². The van der Waals surface area contributed by atoms with Gasteiger partial charge in [0.25, 0.3) is 5.91 Å². The first-order chi connectivity index (χ1) is 14.3. The van der Waals surface area contributed by atoms with Gasteiger partial charge in [-0.3, -0.25) is 9.59 Å². The minimum absolute atomic E-state index is 0.161. The molecule has 8 heteroatoms. The largest absolute Gasteiger partial charge is 0.416 e. The number of amides is 2. The number of carbonyl (C=O) groups excluding carboxylic acids is 2. The summed E-state index contributed by atoms with van der Waals surface area (Å²) in [5, 5.41) is 5.89. The van der Waals surface area contributed by atoms with Crippen molar-refractivity contribution < 1.29 is 22.8 Å². The molecular weight excluding hydrogens is 395 g/mol. The Balaban J connectivity index is 1.59. The third-order valence-electron chi connectivity index (χ3n) is 5.98. The Morgan fingerprint density at radius 1 is 1.00 bits per heavy atom. The number of carbonyl (C=O) groups is 2. The molecule has 2 aromatic carbocycles. The number of fused-ring (bicyclic) bond motifs is 2. The normalized spacial score (nSPS) is 21.6. The molecule has 1 saturated carbocycles. The Morgan fingerprint density at radius 3 is 2.53 bits per heavy atom. The van der Waals surface area contributed by atoms with Crippen LogP contribution in [-0.4, -0.2) is 42.4 Å². The number of nitrogens with one attached hydrogen (secondary N) is 2. The number of piperazine rings is 1. The second-order valence-corrected chi connectivity index (χ2v) is 8.08. The van der Waals surface area contributed by atoms with Crippen molar-refractivity contribution in [3.63, 3.8) is 0 Å². The van der Waals surface area contributed by atoms with Crippen molar-refractivity contribution in [2.24, 2.45) is 0 Å². The highest BCUT2D eigenvalue weighted by molar-refractivity contribution is 6.10. The lowest BCUT2D eigenvalue weighted by molar-refractivity contribution is -0.137. The Kier molecular flexibility index (Phi) is 4.36. The molecule has 0 radical (unpaired) electrons. The van der Waals surface area contributed by atoms with Gasteiger partial charge in [-0.2, -0.15) is 13.2 Å². The first-order valence-corrected chi connectivity index (χ1v) is 10.0. The van der Waals surface area contributed by atoms with Gasteiger partial charge in [0.1, 0.15) is 6.04 Å². The lowest BCUT2D eigenvalue weighted by Gasteiger charge is -2.33. The maximum absolute atomic E-state index is 13.5. The summed E-state index contributed by atoms with van der Waals surface area (Å²) in [6, 6.07) is 8.38. The van der Waals surface area contributed by atoms with Gasteiger partial charge in [0.2, 0.25) is 5.91 Å². The van der Waals surface area contributed by atoms with Crippen LogP contribution < -0.4 is 10.6 Å². The number of nitrogens with zero attached hydrogens (tertiary/aromatic N) is 1. The first kappa shape index (κ1) is 19.1. The molecule has 0 unspecified atom stereocenters. The zero-order valence-electron chi connectivity index (χ0n) is 16.1. The van der Waals surface area contributed by atoms with Crippen LogP contribution in [0.25, 0.3) is 11.1 Å². The van der Waals surface area contributed by atoms with Crippen LogP contribution in [-0.2, 0) is 11.0 Å². The number of halogens is 3. The fourth-order valence-electron chi connectivity index (χ4n) is 4.20. The van der Waals surface area contributed by atoms with Gasteiger partial charge in [-0.25, -0.2) is 0 Å². The highest BCUT2D eigenvalue weighted by atomic mass is 19.4. The molecule has 0 bridgehead atoms. The lowest BCUT2D eigenvalue weighted by Crippen LogP contribution is -2.57. The number of rotatable bonds is 2. The van der Waals surface area contributed by atoms with E-state index >= 15 is 0 Å². The highest BCUT2D eigenvalue weighted by Crippen LogP contribution is 2.44. The zero-order chi connectivity index (χ0) is 21.0. The van der Waals surface area contributed by atoms with Gasteiger partial charge in [-0.05, 0) is 59.7 Å². The number of hydrogen-bond donors (Lipinski definition) is 2. The molecule has 5 rings (SSSR count). The van der Waals surface area contributed by atoms with E-state index in [-0.39, 0.29) is 17.7 Å². The van der Waals surface area contributed by atoms with E-state index in [9.17, 15) is 22.8 Å². The Labute approximate surface area is 171 Å². The summed E-state index contributed by atoms with van der Waals surface area (Å²) in [6.45, 7) is 1.36. The zero-order valence-corrected chi connectivity index (χ0v) is 16.1. The Hall–Kier alpha value is -2.87. The molecule has 1 saturated heterocycles. The predicted octanol–water partition coefficient (Wildman–Crippen LogP) is 3.62. The molecule has 156 valence electrons. The summed E-state index contributed by atoms with van der Waals surface area (Å²) >= 11 is 0. The van der Waals surface area contributed by atoms with Gasteiger partial charge >= 0.3 is 6.18 Å². The second-order valence-electron chi connectivity index (χ2n) is 8.08. The summed E-state index contributed by atoms with van der Waals surface area (Å²) in [4.78, 5) is 27.2. The SMILES string of the molecule is O=C1Nc2ccc(-c3cc(C4CC4)cc(C(F)(F)F)c3)cc2C(=O)N2CCNC[C@@H]12. The molecule has 5 nitrogen and oxygen atoms in total. The van der Waals surface area contributed by atoms with Crippen LogP contribution in [0.4, 0.5) is 18.9 Å². The van der Waals surface area contributed by atoms with Crippen molar-refractivity contribution in [1.29, 1.82) is 0 Å². The first-order valence-electron chi connectivity index (χ1n) is 10.0. The molecule has 0 spiro atoms. The Morgan fingerprint density at radius 2 is 1.80 bits per heavy atom. The minimum Gasteiger partial charge on any atom is -0.324 e. The van der Waals surface area contributed by atoms with Gasteiger partial charge in [0, 0.05) is 19.6 Å². The quantitative estimate of drug-likeness (QED) is 0.788. The smallest absolute Gasteiger partial charge is 0.324 e. The second kappa shape index (κ2) is 6.84. The number of benzene rings is 2. The van der Waals surface area contributed by atoms with E-state index < -0.39 is 17.8 Å². The third-order valence-corrected chi connectivity index (χ3v) is 5.98. The van der Waals surface area contributed by atoms with Crippen molar-refractivity contribution in [2.45, 2.75) is 31.0 Å². The van der Waals surface area contributed by atoms with Crippen LogP contribution in [0.3, 0.4) is 0 Å². The molecule has 2 N–H and O–H groups in total. The maximum atomic E-state index is 13.5. The van der Waals surface area contributed by atoms with E-state index in [1.165, 1.54) is 11.0 Å². The number of hydrogen-bond acceptors (Lipinski definition) is 3. The van der Waals surface area contributed by atoms with Crippen LogP contribution in [0.2, 0.25) is 0 Å². The predicted molar refractivity (Wildman–Crippen MR) is 105 cm³/mol. The lowest BCUT2D eigenvalue weighted by atomic mass is 9.95. The van der Waals surface area contributed by atoms with Gasteiger partial charge in [-0.1, -0.05) is 12.1 Å². The van der Waals surface area contributed by atoms with Crippen LogP contribution in [0.5, 0.6) is 0 Å². The standard InChI is InChI=1S/C22H20F3N3O2/c23-22(24,25)16-8-14(12-1-2-12)7-15(9-16)13-3-4-18-17(10-13)21(30)28-6-5-26-11-19(28)20(29)27-18/h3-4,7-10,12,19,26H,1-2,5-6,11H2,(H,27,29)/t19-/m0/s1. The topological polar surface area (TPSA) is 61.4 Å². The minimum atomic E-state index is -4.44. The molecule has 2 heterocycles. The van der Waals surface area contributed by atoms with Crippen LogP contribution in [0, 0.1) is 0 Å². The van der Waals surface area contributed by atoms with E-state index in [0.717, 1.165) is 18.9 Å². The maximum Gasteiger partial charge on any atom is 0.416 e. The molecule has 1 aliphatic carbocycles. The summed E-state index contributed by atoms with van der Waals surface area (Å²) in [6.07, 6.45) is -2.66. The van der Waals surface area contributed by atoms with Crippen molar-refractivity contribution in [3.05, 3.63) is 53.1 Å². The fraction of sp³-hybridized carbons (Fsp3) is 0.364. The monoisotopic (exact) mass is 415 g/mol. The van der Waals surface area contributed by atoms with E-state index in [1.807, 2.05) is 0 Å². The summed E-state index contributed by atoms with van der Waals surface area (Å²) in [7, 11) is 0. The third kappa shape index (κ3) is 3.35. The van der Waals surface area contributed by atoms with E-state index in [2.05, 4.69) is 10.6 Å². The summed E-state index contributed by atoms with van der Waals surface area (Å²) in [5.74, 6) is -0.391. The molecule has 2 aliphatic heterocycles. The van der Waals surface area contributed by atoms with Crippen LogP contribution >= 0.6 is 0 Å². The molecule has 3 aliphatic rings. The van der Waals surface area contributed by atoms with Gasteiger partial charge in [0.05, 0.1) is 16.8 Å². The van der Waals surface area contributed by atoms with E-state index in [0.29, 0.717) is 47.6 Å². The summed E-state index contributed by atoms with van der Waals surface area (Å²) in [5.41, 5.74) is 1.64. The average molecular weight is 415 g/mol. The fourth-order valence-corrected chi connectivity index (χ4v) is 4.20. The molecule has 30 heavy (non-hydrogen) atoms. The molecule has 0 aromatic heterocycles. The molecule has 2 fully saturated rings. The number of anilines is 1. The molecule has 2 aromatic rings. The number of alkyl halides is 3. The highest BCUT2D eigenvalue weighted by Gasteiger charge is 2.37. The molecule has 1 atom stereocenters. The van der Waals surface area contributed by atoms with Crippen molar-refractivity contribution in [2.75, 3.05) is 25.0 Å². The average Bonchev–Trinajstić information content (AvgIpc) is 3.58. The van der Waals surface area contributed by atoms with Crippen LogP contribution in [0.1, 0.15) is 40.2 Å². The van der Waals surface area contributed by atoms with Crippen molar-refractivity contribution in [1.82, 2.24) is 10.2 Å². The van der Waals surface area contributed by atoms with Gasteiger partial charge < -0.3 is 15.5 Å². The van der Waals surface area contributed by atoms with E-state index in [4.69, 9.17) is 0 Å². The Bertz CT molecular complexity index is 1050.